The number of amides is 2. The lowest BCUT2D eigenvalue weighted by Gasteiger charge is -2.15. The van der Waals surface area contributed by atoms with Gasteiger partial charge in [0.2, 0.25) is 0 Å². The van der Waals surface area contributed by atoms with Gasteiger partial charge in [0, 0.05) is 24.5 Å². The quantitative estimate of drug-likeness (QED) is 0.150. The number of furan rings is 1. The van der Waals surface area contributed by atoms with E-state index < -0.39 is 44.6 Å². The second-order valence-electron chi connectivity index (χ2n) is 9.40. The Morgan fingerprint density at radius 1 is 0.927 bits per heavy atom. The van der Waals surface area contributed by atoms with E-state index in [1.165, 1.54) is 43.4 Å². The molecule has 0 saturated heterocycles. The third-order valence-electron chi connectivity index (χ3n) is 5.96. The van der Waals surface area contributed by atoms with E-state index in [2.05, 4.69) is 14.8 Å². The van der Waals surface area contributed by atoms with Gasteiger partial charge >= 0.3 is 15.6 Å². The van der Waals surface area contributed by atoms with Gasteiger partial charge in [-0.25, -0.2) is 4.39 Å². The number of benzene rings is 3. The largest absolute Gasteiger partial charge is 0.534 e. The standard InChI is InChI=1S/C28H24F4N2O6S/c1-15(2)14-34-26(35)21-13-18(7-11-23(21)40-41(37,38)28(30,31)32)17-6-10-22-20(12-17)24(27(36)33-3)25(39-22)16-4-8-19(29)9-5-16/h4-13,15H,14H2,1-3H3,(H,33,36)(H,34,35). The van der Waals surface area contributed by atoms with Crippen LogP contribution < -0.4 is 14.8 Å². The summed E-state index contributed by atoms with van der Waals surface area (Å²) in [5.74, 6) is -2.44. The van der Waals surface area contributed by atoms with E-state index in [0.717, 1.165) is 6.07 Å². The molecule has 0 unspecified atom stereocenters. The van der Waals surface area contributed by atoms with E-state index in [9.17, 15) is 35.6 Å². The number of halogens is 4. The van der Waals surface area contributed by atoms with Crippen LogP contribution >= 0.6 is 0 Å². The molecule has 13 heteroatoms. The van der Waals surface area contributed by atoms with Crippen LogP contribution in [0.15, 0.2) is 65.1 Å². The third kappa shape index (κ3) is 6.19. The molecule has 8 nitrogen and oxygen atoms in total. The number of hydrogen-bond acceptors (Lipinski definition) is 6. The highest BCUT2D eigenvalue weighted by Gasteiger charge is 2.49. The Morgan fingerprint density at radius 2 is 1.54 bits per heavy atom. The Hall–Kier alpha value is -4.39. The van der Waals surface area contributed by atoms with Crippen molar-refractivity contribution in [3.8, 4) is 28.2 Å². The minimum Gasteiger partial charge on any atom is -0.455 e. The Labute approximate surface area is 232 Å². The van der Waals surface area contributed by atoms with Crippen molar-refractivity contribution in [2.75, 3.05) is 13.6 Å². The van der Waals surface area contributed by atoms with E-state index in [-0.39, 0.29) is 23.8 Å². The van der Waals surface area contributed by atoms with Gasteiger partial charge in [0.25, 0.3) is 11.8 Å². The third-order valence-corrected chi connectivity index (χ3v) is 6.93. The van der Waals surface area contributed by atoms with Gasteiger partial charge in [0.05, 0.1) is 11.1 Å². The molecule has 216 valence electrons. The average molecular weight is 593 g/mol. The second kappa shape index (κ2) is 11.2. The Bertz CT molecular complexity index is 1730. The first-order valence-electron chi connectivity index (χ1n) is 12.2. The van der Waals surface area contributed by atoms with Gasteiger partial charge in [-0.2, -0.15) is 21.6 Å². The number of alkyl halides is 3. The molecular formula is C28H24F4N2O6S. The SMILES string of the molecule is CNC(=O)c1c(-c2ccc(F)cc2)oc2ccc(-c3ccc(OS(=O)(=O)C(F)(F)F)c(C(=O)NCC(C)C)c3)cc12. The molecule has 0 aliphatic rings. The molecule has 0 atom stereocenters. The molecule has 0 bridgehead atoms. The summed E-state index contributed by atoms with van der Waals surface area (Å²) in [6, 6.07) is 13.5. The van der Waals surface area contributed by atoms with Crippen molar-refractivity contribution in [3.63, 3.8) is 0 Å². The fourth-order valence-electron chi connectivity index (χ4n) is 3.95. The zero-order valence-electron chi connectivity index (χ0n) is 21.9. The van der Waals surface area contributed by atoms with E-state index in [0.29, 0.717) is 27.7 Å². The minimum absolute atomic E-state index is 0.00709. The Kier molecular flexibility index (Phi) is 8.11. The molecule has 0 fully saturated rings. The predicted molar refractivity (Wildman–Crippen MR) is 143 cm³/mol. The summed E-state index contributed by atoms with van der Waals surface area (Å²) in [4.78, 5) is 25.8. The summed E-state index contributed by atoms with van der Waals surface area (Å²) in [7, 11) is -4.62. The lowest BCUT2D eigenvalue weighted by Crippen LogP contribution is -2.31. The van der Waals surface area contributed by atoms with Crippen LogP contribution in [0.5, 0.6) is 5.75 Å². The molecule has 2 amide bonds. The summed E-state index contributed by atoms with van der Waals surface area (Å²) in [5, 5.41) is 5.44. The molecule has 4 aromatic rings. The molecule has 1 heterocycles. The number of hydrogen-bond donors (Lipinski definition) is 2. The number of nitrogens with one attached hydrogen (secondary N) is 2. The summed E-state index contributed by atoms with van der Waals surface area (Å²) in [6.45, 7) is 3.76. The van der Waals surface area contributed by atoms with E-state index in [1.807, 2.05) is 0 Å². The van der Waals surface area contributed by atoms with Crippen LogP contribution in [-0.4, -0.2) is 39.3 Å². The van der Waals surface area contributed by atoms with Gasteiger partial charge < -0.3 is 19.2 Å². The van der Waals surface area contributed by atoms with Crippen LogP contribution in [0.1, 0.15) is 34.6 Å². The van der Waals surface area contributed by atoms with Crippen molar-refractivity contribution < 1.29 is 44.2 Å². The van der Waals surface area contributed by atoms with Gasteiger partial charge in [-0.05, 0) is 65.6 Å². The van der Waals surface area contributed by atoms with Crippen molar-refractivity contribution in [1.29, 1.82) is 0 Å². The average Bonchev–Trinajstić information content (AvgIpc) is 3.30. The molecule has 0 saturated carbocycles. The summed E-state index contributed by atoms with van der Waals surface area (Å²) < 4.78 is 86.1. The predicted octanol–water partition coefficient (Wildman–Crippen LogP) is 5.88. The monoisotopic (exact) mass is 592 g/mol. The van der Waals surface area contributed by atoms with Gasteiger partial charge in [0.1, 0.15) is 17.2 Å². The fourth-order valence-corrected chi connectivity index (χ4v) is 4.43. The Morgan fingerprint density at radius 3 is 2.15 bits per heavy atom. The van der Waals surface area contributed by atoms with Crippen molar-refractivity contribution in [2.24, 2.45) is 5.92 Å². The molecule has 1 aromatic heterocycles. The lowest BCUT2D eigenvalue weighted by atomic mass is 9.98. The summed E-state index contributed by atoms with van der Waals surface area (Å²) in [5.41, 5.74) is -4.49. The normalized spacial score (nSPS) is 12.0. The van der Waals surface area contributed by atoms with Gasteiger partial charge in [-0.1, -0.05) is 26.0 Å². The van der Waals surface area contributed by atoms with Crippen molar-refractivity contribution in [3.05, 3.63) is 77.6 Å². The first-order valence-corrected chi connectivity index (χ1v) is 13.6. The highest BCUT2D eigenvalue weighted by molar-refractivity contribution is 7.88. The van der Waals surface area contributed by atoms with Crippen LogP contribution in [0.2, 0.25) is 0 Å². The van der Waals surface area contributed by atoms with Gasteiger partial charge in [0.15, 0.2) is 5.75 Å². The van der Waals surface area contributed by atoms with Crippen LogP contribution in [-0.2, 0) is 10.1 Å². The number of carbonyl (C=O) groups excluding carboxylic acids is 2. The van der Waals surface area contributed by atoms with E-state index in [1.54, 1.807) is 32.0 Å². The fraction of sp³-hybridized carbons (Fsp3) is 0.214. The first-order chi connectivity index (χ1) is 19.2. The zero-order valence-corrected chi connectivity index (χ0v) is 22.7. The maximum absolute atomic E-state index is 13.5. The van der Waals surface area contributed by atoms with Gasteiger partial charge in [-0.15, -0.1) is 0 Å². The summed E-state index contributed by atoms with van der Waals surface area (Å²) >= 11 is 0. The van der Waals surface area contributed by atoms with Crippen LogP contribution in [0.3, 0.4) is 0 Å². The number of fused-ring (bicyclic) bond motifs is 1. The highest BCUT2D eigenvalue weighted by atomic mass is 32.2. The lowest BCUT2D eigenvalue weighted by molar-refractivity contribution is -0.0500. The highest BCUT2D eigenvalue weighted by Crippen LogP contribution is 2.37. The van der Waals surface area contributed by atoms with Crippen molar-refractivity contribution >= 4 is 32.9 Å². The molecule has 0 spiro atoms. The molecule has 0 aliphatic heterocycles. The minimum atomic E-state index is -6.05. The molecule has 4 rings (SSSR count). The number of carbonyl (C=O) groups is 2. The van der Waals surface area contributed by atoms with Crippen LogP contribution in [0.4, 0.5) is 17.6 Å². The molecular weight excluding hydrogens is 568 g/mol. The van der Waals surface area contributed by atoms with Crippen LogP contribution in [0.25, 0.3) is 33.4 Å². The second-order valence-corrected chi connectivity index (χ2v) is 10.9. The molecule has 0 radical (unpaired) electrons. The van der Waals surface area contributed by atoms with E-state index in [4.69, 9.17) is 4.42 Å². The molecule has 0 aliphatic carbocycles. The molecule has 41 heavy (non-hydrogen) atoms. The maximum atomic E-state index is 13.5. The molecule has 3 aromatic carbocycles. The van der Waals surface area contributed by atoms with Crippen molar-refractivity contribution in [1.82, 2.24) is 10.6 Å². The zero-order chi connectivity index (χ0) is 30.1. The van der Waals surface area contributed by atoms with Gasteiger partial charge in [-0.3, -0.25) is 9.59 Å². The maximum Gasteiger partial charge on any atom is 0.534 e. The smallest absolute Gasteiger partial charge is 0.455 e. The van der Waals surface area contributed by atoms with E-state index >= 15 is 0 Å². The Balaban J connectivity index is 1.85. The topological polar surface area (TPSA) is 115 Å². The number of rotatable bonds is 8. The van der Waals surface area contributed by atoms with Crippen LogP contribution in [0, 0.1) is 11.7 Å². The first kappa shape index (κ1) is 29.6. The molecule has 2 N–H and O–H groups in total. The van der Waals surface area contributed by atoms with Crippen molar-refractivity contribution in [2.45, 2.75) is 19.4 Å². The summed E-state index contributed by atoms with van der Waals surface area (Å²) in [6.07, 6.45) is 0.